The predicted molar refractivity (Wildman–Crippen MR) is 93.1 cm³/mol. The highest BCUT2D eigenvalue weighted by molar-refractivity contribution is 6.00. The highest BCUT2D eigenvalue weighted by Gasteiger charge is 2.37. The summed E-state index contributed by atoms with van der Waals surface area (Å²) in [5.41, 5.74) is 0.830. The Labute approximate surface area is 143 Å². The number of carbonyl (C=O) groups is 2. The molecular formula is C19H26N2O3. The first-order valence-corrected chi connectivity index (χ1v) is 8.81. The van der Waals surface area contributed by atoms with E-state index in [9.17, 15) is 9.59 Å². The summed E-state index contributed by atoms with van der Waals surface area (Å²) < 4.78 is 5.15. The van der Waals surface area contributed by atoms with Crippen LogP contribution in [0.15, 0.2) is 24.3 Å². The van der Waals surface area contributed by atoms with E-state index in [2.05, 4.69) is 0 Å². The lowest BCUT2D eigenvalue weighted by Crippen LogP contribution is -2.42. The van der Waals surface area contributed by atoms with Gasteiger partial charge in [-0.3, -0.25) is 9.59 Å². The molecule has 3 rings (SSSR count). The third-order valence-corrected chi connectivity index (χ3v) is 5.33. The second kappa shape index (κ2) is 7.24. The zero-order valence-electron chi connectivity index (χ0n) is 14.5. The van der Waals surface area contributed by atoms with Crippen molar-refractivity contribution in [3.8, 4) is 5.75 Å². The SMILES string of the molecule is COc1ccc(N2CC(C(=O)N(C)C3CCCCC3)CC2=O)cc1. The number of amides is 2. The van der Waals surface area contributed by atoms with E-state index in [-0.39, 0.29) is 17.7 Å². The summed E-state index contributed by atoms with van der Waals surface area (Å²) in [7, 11) is 3.52. The molecule has 130 valence electrons. The molecule has 1 aliphatic carbocycles. The van der Waals surface area contributed by atoms with Crippen molar-refractivity contribution in [3.63, 3.8) is 0 Å². The summed E-state index contributed by atoms with van der Waals surface area (Å²) in [6.45, 7) is 0.473. The van der Waals surface area contributed by atoms with Crippen molar-refractivity contribution in [3.05, 3.63) is 24.3 Å². The van der Waals surface area contributed by atoms with Crippen molar-refractivity contribution in [2.45, 2.75) is 44.6 Å². The lowest BCUT2D eigenvalue weighted by Gasteiger charge is -2.32. The third kappa shape index (κ3) is 3.40. The molecule has 24 heavy (non-hydrogen) atoms. The minimum Gasteiger partial charge on any atom is -0.497 e. The van der Waals surface area contributed by atoms with Gasteiger partial charge in [0.1, 0.15) is 5.75 Å². The number of ether oxygens (including phenoxy) is 1. The van der Waals surface area contributed by atoms with E-state index >= 15 is 0 Å². The first-order valence-electron chi connectivity index (χ1n) is 8.81. The van der Waals surface area contributed by atoms with Crippen LogP contribution < -0.4 is 9.64 Å². The number of rotatable bonds is 4. The van der Waals surface area contributed by atoms with Crippen LogP contribution in [-0.2, 0) is 9.59 Å². The topological polar surface area (TPSA) is 49.9 Å². The molecule has 1 aromatic rings. The third-order valence-electron chi connectivity index (χ3n) is 5.33. The normalized spacial score (nSPS) is 21.8. The predicted octanol–water partition coefficient (Wildman–Crippen LogP) is 2.84. The van der Waals surface area contributed by atoms with Gasteiger partial charge in [0.05, 0.1) is 13.0 Å². The molecule has 0 aromatic heterocycles. The van der Waals surface area contributed by atoms with Crippen LogP contribution in [0.5, 0.6) is 5.75 Å². The molecule has 0 spiro atoms. The van der Waals surface area contributed by atoms with E-state index in [1.54, 1.807) is 12.0 Å². The molecule has 2 amide bonds. The molecule has 1 aliphatic heterocycles. The average Bonchev–Trinajstić information content (AvgIpc) is 3.03. The number of hydrogen-bond acceptors (Lipinski definition) is 3. The van der Waals surface area contributed by atoms with Gasteiger partial charge in [0.15, 0.2) is 0 Å². The standard InChI is InChI=1S/C19H26N2O3/c1-20(15-6-4-3-5-7-15)19(23)14-12-18(22)21(13-14)16-8-10-17(24-2)11-9-16/h8-11,14-15H,3-7,12-13H2,1-2H3. The smallest absolute Gasteiger partial charge is 0.228 e. The van der Waals surface area contributed by atoms with Crippen molar-refractivity contribution < 1.29 is 14.3 Å². The molecule has 1 aromatic carbocycles. The minimum atomic E-state index is -0.230. The van der Waals surface area contributed by atoms with E-state index < -0.39 is 0 Å². The molecule has 0 radical (unpaired) electrons. The van der Waals surface area contributed by atoms with Gasteiger partial charge in [-0.1, -0.05) is 19.3 Å². The number of nitrogens with zero attached hydrogens (tertiary/aromatic N) is 2. The van der Waals surface area contributed by atoms with E-state index in [1.807, 2.05) is 36.2 Å². The Morgan fingerprint density at radius 3 is 2.46 bits per heavy atom. The summed E-state index contributed by atoms with van der Waals surface area (Å²) in [5, 5.41) is 0. The molecular weight excluding hydrogens is 304 g/mol. The Kier molecular flexibility index (Phi) is 5.07. The number of carbonyl (C=O) groups excluding carboxylic acids is 2. The summed E-state index contributed by atoms with van der Waals surface area (Å²) >= 11 is 0. The van der Waals surface area contributed by atoms with Crippen molar-refractivity contribution >= 4 is 17.5 Å². The quantitative estimate of drug-likeness (QED) is 0.853. The van der Waals surface area contributed by atoms with Gasteiger partial charge >= 0.3 is 0 Å². The van der Waals surface area contributed by atoms with Gasteiger partial charge in [-0.2, -0.15) is 0 Å². The molecule has 1 atom stereocenters. The van der Waals surface area contributed by atoms with E-state index in [4.69, 9.17) is 4.74 Å². The Bertz CT molecular complexity index is 593. The zero-order valence-corrected chi connectivity index (χ0v) is 14.5. The molecule has 2 aliphatic rings. The van der Waals surface area contributed by atoms with Gasteiger partial charge in [0.25, 0.3) is 0 Å². The highest BCUT2D eigenvalue weighted by atomic mass is 16.5. The molecule has 2 fully saturated rings. The Morgan fingerprint density at radius 1 is 1.17 bits per heavy atom. The maximum atomic E-state index is 12.8. The van der Waals surface area contributed by atoms with Crippen LogP contribution >= 0.6 is 0 Å². The number of hydrogen-bond donors (Lipinski definition) is 0. The van der Waals surface area contributed by atoms with Gasteiger partial charge in [-0.15, -0.1) is 0 Å². The minimum absolute atomic E-state index is 0.0237. The van der Waals surface area contributed by atoms with Crippen molar-refractivity contribution in [1.29, 1.82) is 0 Å². The number of anilines is 1. The van der Waals surface area contributed by atoms with Crippen LogP contribution in [0.3, 0.4) is 0 Å². The first kappa shape index (κ1) is 16.8. The van der Waals surface area contributed by atoms with Crippen LogP contribution in [-0.4, -0.2) is 43.5 Å². The first-order chi connectivity index (χ1) is 11.6. The van der Waals surface area contributed by atoms with E-state index in [0.29, 0.717) is 19.0 Å². The maximum absolute atomic E-state index is 12.8. The molecule has 1 saturated heterocycles. The number of benzene rings is 1. The van der Waals surface area contributed by atoms with Gasteiger partial charge in [-0.05, 0) is 37.1 Å². The van der Waals surface area contributed by atoms with Crippen LogP contribution in [0.1, 0.15) is 38.5 Å². The van der Waals surface area contributed by atoms with Gasteiger partial charge < -0.3 is 14.5 Å². The summed E-state index contributed by atoms with van der Waals surface area (Å²) in [6, 6.07) is 7.76. The van der Waals surface area contributed by atoms with E-state index in [0.717, 1.165) is 24.3 Å². The fraction of sp³-hybridized carbons (Fsp3) is 0.579. The maximum Gasteiger partial charge on any atom is 0.228 e. The van der Waals surface area contributed by atoms with Gasteiger partial charge in [0.2, 0.25) is 11.8 Å². The zero-order chi connectivity index (χ0) is 17.1. The Balaban J connectivity index is 1.65. The summed E-state index contributed by atoms with van der Waals surface area (Å²) in [6.07, 6.45) is 6.15. The number of methoxy groups -OCH3 is 1. The largest absolute Gasteiger partial charge is 0.497 e. The average molecular weight is 330 g/mol. The molecule has 1 saturated carbocycles. The molecule has 5 heteroatoms. The fourth-order valence-corrected chi connectivity index (χ4v) is 3.82. The van der Waals surface area contributed by atoms with Crippen LogP contribution in [0, 0.1) is 5.92 Å². The highest BCUT2D eigenvalue weighted by Crippen LogP contribution is 2.29. The van der Waals surface area contributed by atoms with Gasteiger partial charge in [0, 0.05) is 31.7 Å². The fourth-order valence-electron chi connectivity index (χ4n) is 3.82. The van der Waals surface area contributed by atoms with Crippen molar-refractivity contribution in [1.82, 2.24) is 4.90 Å². The molecule has 0 N–H and O–H groups in total. The van der Waals surface area contributed by atoms with Crippen LogP contribution in [0.4, 0.5) is 5.69 Å². The lowest BCUT2D eigenvalue weighted by atomic mass is 9.93. The Hall–Kier alpha value is -2.04. The van der Waals surface area contributed by atoms with Gasteiger partial charge in [-0.25, -0.2) is 0 Å². The second-order valence-corrected chi connectivity index (χ2v) is 6.84. The lowest BCUT2D eigenvalue weighted by molar-refractivity contribution is -0.137. The van der Waals surface area contributed by atoms with Crippen LogP contribution in [0.2, 0.25) is 0 Å². The summed E-state index contributed by atoms with van der Waals surface area (Å²) in [5.74, 6) is 0.670. The second-order valence-electron chi connectivity index (χ2n) is 6.84. The molecule has 0 bridgehead atoms. The summed E-state index contributed by atoms with van der Waals surface area (Å²) in [4.78, 5) is 28.8. The van der Waals surface area contributed by atoms with Crippen molar-refractivity contribution in [2.75, 3.05) is 25.6 Å². The monoisotopic (exact) mass is 330 g/mol. The molecule has 1 heterocycles. The van der Waals surface area contributed by atoms with Crippen LogP contribution in [0.25, 0.3) is 0 Å². The van der Waals surface area contributed by atoms with E-state index in [1.165, 1.54) is 19.3 Å². The Morgan fingerprint density at radius 2 is 1.83 bits per heavy atom. The molecule has 1 unspecified atom stereocenters. The molecule has 5 nitrogen and oxygen atoms in total. The van der Waals surface area contributed by atoms with Crippen molar-refractivity contribution in [2.24, 2.45) is 5.92 Å².